The van der Waals surface area contributed by atoms with Gasteiger partial charge in [-0.3, -0.25) is 0 Å². The number of hydrogen-bond acceptors (Lipinski definition) is 1. The van der Waals surface area contributed by atoms with E-state index >= 15 is 0 Å². The van der Waals surface area contributed by atoms with Gasteiger partial charge < -0.3 is 14.5 Å². The first kappa shape index (κ1) is 18.2. The molecule has 0 aromatic heterocycles. The molecule has 3 aliphatic rings. The van der Waals surface area contributed by atoms with E-state index < -0.39 is 0 Å². The number of rotatable bonds is 3. The van der Waals surface area contributed by atoms with Crippen molar-refractivity contribution in [2.24, 2.45) is 5.41 Å². The first-order valence-electron chi connectivity index (χ1n) is 10.4. The molecular formula is C21H38N2O+2. The Labute approximate surface area is 149 Å². The van der Waals surface area contributed by atoms with Crippen LogP contribution in [-0.2, 0) is 4.74 Å². The number of quaternary nitrogens is 2. The first-order chi connectivity index (χ1) is 11.6. The average Bonchev–Trinajstić information content (AvgIpc) is 2.60. The van der Waals surface area contributed by atoms with Gasteiger partial charge in [0.2, 0.25) is 0 Å². The third-order valence-electron chi connectivity index (χ3n) is 6.80. The van der Waals surface area contributed by atoms with E-state index in [-0.39, 0.29) is 5.60 Å². The summed E-state index contributed by atoms with van der Waals surface area (Å²) in [6, 6.07) is 0. The molecule has 3 rings (SSSR count). The predicted molar refractivity (Wildman–Crippen MR) is 98.3 cm³/mol. The summed E-state index contributed by atoms with van der Waals surface area (Å²) in [6.07, 6.45) is 10.7. The van der Waals surface area contributed by atoms with Crippen molar-refractivity contribution in [2.75, 3.05) is 45.9 Å². The number of nitrogens with one attached hydrogen (secondary N) is 2. The maximum Gasteiger partial charge on any atom is 0.139 e. The highest BCUT2D eigenvalue weighted by molar-refractivity contribution is 4.99. The molecule has 0 bridgehead atoms. The Balaban J connectivity index is 1.49. The van der Waals surface area contributed by atoms with Crippen molar-refractivity contribution in [3.8, 4) is 11.8 Å². The second-order valence-electron chi connectivity index (χ2n) is 8.88. The van der Waals surface area contributed by atoms with E-state index in [0.29, 0.717) is 5.41 Å². The third-order valence-corrected chi connectivity index (χ3v) is 6.80. The molecule has 3 aliphatic heterocycles. The van der Waals surface area contributed by atoms with Crippen LogP contribution in [0.5, 0.6) is 0 Å². The molecule has 0 aromatic rings. The van der Waals surface area contributed by atoms with Crippen LogP contribution in [-0.4, -0.2) is 51.5 Å². The lowest BCUT2D eigenvalue weighted by molar-refractivity contribution is -0.906. The van der Waals surface area contributed by atoms with Crippen molar-refractivity contribution < 1.29 is 14.5 Å². The molecule has 1 unspecified atom stereocenters. The molecule has 3 fully saturated rings. The zero-order valence-electron chi connectivity index (χ0n) is 16.0. The minimum atomic E-state index is 0.115. The van der Waals surface area contributed by atoms with Crippen molar-refractivity contribution in [3.05, 3.63) is 0 Å². The quantitative estimate of drug-likeness (QED) is 0.727. The summed E-state index contributed by atoms with van der Waals surface area (Å²) in [6.45, 7) is 13.0. The average molecular weight is 335 g/mol. The lowest BCUT2D eigenvalue weighted by Gasteiger charge is -2.48. The number of piperidine rings is 2. The van der Waals surface area contributed by atoms with Crippen LogP contribution in [0.1, 0.15) is 65.2 Å². The van der Waals surface area contributed by atoms with E-state index in [2.05, 4.69) is 25.7 Å². The van der Waals surface area contributed by atoms with E-state index in [1.807, 2.05) is 0 Å². The number of likely N-dealkylation sites (tertiary alicyclic amines) is 2. The molecule has 3 atom stereocenters. The standard InChI is InChI=1S/C21H36N2O/c1-3-20(2)18-21(11-17-24-20)10-9-16-23(19-21)15-8-7-14-22-12-5-4-6-13-22/h3-6,9-19H2,1-2H3/p+2/t20-,21-/m0/s1. The van der Waals surface area contributed by atoms with Gasteiger partial charge in [-0.2, -0.15) is 0 Å². The van der Waals surface area contributed by atoms with Gasteiger partial charge >= 0.3 is 0 Å². The summed E-state index contributed by atoms with van der Waals surface area (Å²) >= 11 is 0. The van der Waals surface area contributed by atoms with Gasteiger partial charge in [0.15, 0.2) is 0 Å². The maximum absolute atomic E-state index is 6.10. The van der Waals surface area contributed by atoms with Crippen LogP contribution in [0.4, 0.5) is 0 Å². The molecule has 0 aliphatic carbocycles. The van der Waals surface area contributed by atoms with E-state index in [0.717, 1.165) is 26.1 Å². The van der Waals surface area contributed by atoms with Crippen LogP contribution < -0.4 is 9.80 Å². The van der Waals surface area contributed by atoms with Crippen LogP contribution in [0, 0.1) is 17.3 Å². The lowest BCUT2D eigenvalue weighted by Crippen LogP contribution is -3.14. The van der Waals surface area contributed by atoms with Gasteiger partial charge in [-0.25, -0.2) is 0 Å². The molecular weight excluding hydrogens is 296 g/mol. The molecule has 2 N–H and O–H groups in total. The molecule has 3 heterocycles. The maximum atomic E-state index is 6.10. The highest BCUT2D eigenvalue weighted by Gasteiger charge is 2.46. The van der Waals surface area contributed by atoms with Crippen molar-refractivity contribution in [1.29, 1.82) is 0 Å². The molecule has 0 radical (unpaired) electrons. The molecule has 0 aromatic carbocycles. The first-order valence-corrected chi connectivity index (χ1v) is 10.4. The van der Waals surface area contributed by atoms with E-state index in [4.69, 9.17) is 4.74 Å². The Bertz CT molecular complexity index is 458. The van der Waals surface area contributed by atoms with Gasteiger partial charge in [0, 0.05) is 12.0 Å². The third kappa shape index (κ3) is 4.75. The normalized spacial score (nSPS) is 37.8. The van der Waals surface area contributed by atoms with E-state index in [9.17, 15) is 0 Å². The van der Waals surface area contributed by atoms with Gasteiger partial charge in [-0.05, 0) is 70.1 Å². The zero-order chi connectivity index (χ0) is 16.9. The van der Waals surface area contributed by atoms with Crippen molar-refractivity contribution in [3.63, 3.8) is 0 Å². The Hall–Kier alpha value is -0.560. The summed E-state index contributed by atoms with van der Waals surface area (Å²) < 4.78 is 6.10. The van der Waals surface area contributed by atoms with Crippen molar-refractivity contribution >= 4 is 0 Å². The topological polar surface area (TPSA) is 18.1 Å². The fourth-order valence-corrected chi connectivity index (χ4v) is 5.21. The van der Waals surface area contributed by atoms with Gasteiger partial charge in [0.05, 0.1) is 31.8 Å². The van der Waals surface area contributed by atoms with Crippen molar-refractivity contribution in [2.45, 2.75) is 70.8 Å². The largest absolute Gasteiger partial charge is 0.375 e. The monoisotopic (exact) mass is 334 g/mol. The molecule has 24 heavy (non-hydrogen) atoms. The summed E-state index contributed by atoms with van der Waals surface area (Å²) in [5, 5.41) is 0. The zero-order valence-corrected chi connectivity index (χ0v) is 16.0. The van der Waals surface area contributed by atoms with Crippen LogP contribution in [0.25, 0.3) is 0 Å². The smallest absolute Gasteiger partial charge is 0.139 e. The van der Waals surface area contributed by atoms with Gasteiger partial charge in [0.25, 0.3) is 0 Å². The molecule has 0 saturated carbocycles. The molecule has 1 spiro atoms. The van der Waals surface area contributed by atoms with Crippen LogP contribution in [0.15, 0.2) is 0 Å². The Kier molecular flexibility index (Phi) is 6.24. The summed E-state index contributed by atoms with van der Waals surface area (Å²) in [5.74, 6) is 7.01. The second-order valence-corrected chi connectivity index (χ2v) is 8.88. The summed E-state index contributed by atoms with van der Waals surface area (Å²) in [4.78, 5) is 3.43. The summed E-state index contributed by atoms with van der Waals surface area (Å²) in [5.41, 5.74) is 0.639. The molecule has 0 amide bonds. The minimum Gasteiger partial charge on any atom is -0.375 e. The highest BCUT2D eigenvalue weighted by atomic mass is 16.5. The van der Waals surface area contributed by atoms with Crippen LogP contribution >= 0.6 is 0 Å². The fourth-order valence-electron chi connectivity index (χ4n) is 5.21. The highest BCUT2D eigenvalue weighted by Crippen LogP contribution is 2.43. The molecule has 3 nitrogen and oxygen atoms in total. The Morgan fingerprint density at radius 1 is 0.917 bits per heavy atom. The second kappa shape index (κ2) is 8.21. The Morgan fingerprint density at radius 3 is 2.38 bits per heavy atom. The van der Waals surface area contributed by atoms with Gasteiger partial charge in [-0.15, -0.1) is 0 Å². The van der Waals surface area contributed by atoms with Crippen LogP contribution in [0.2, 0.25) is 0 Å². The van der Waals surface area contributed by atoms with E-state index in [1.165, 1.54) is 71.1 Å². The SMILES string of the molecule is CC[C@@]1(C)C[C@]2(CCC[NH+](CC#CC[NH+]3CCCCC3)C2)CCO1. The fraction of sp³-hybridized carbons (Fsp3) is 0.905. The molecule has 3 heteroatoms. The van der Waals surface area contributed by atoms with E-state index in [1.54, 1.807) is 9.80 Å². The number of ether oxygens (including phenoxy) is 1. The van der Waals surface area contributed by atoms with Gasteiger partial charge in [0.1, 0.15) is 13.1 Å². The minimum absolute atomic E-state index is 0.115. The molecule has 136 valence electrons. The number of hydrogen-bond donors (Lipinski definition) is 2. The predicted octanol–water partition coefficient (Wildman–Crippen LogP) is 0.703. The Morgan fingerprint density at radius 2 is 1.62 bits per heavy atom. The van der Waals surface area contributed by atoms with Crippen molar-refractivity contribution in [1.82, 2.24) is 0 Å². The summed E-state index contributed by atoms with van der Waals surface area (Å²) in [7, 11) is 0. The lowest BCUT2D eigenvalue weighted by atomic mass is 9.68. The van der Waals surface area contributed by atoms with Crippen LogP contribution in [0.3, 0.4) is 0 Å². The van der Waals surface area contributed by atoms with Gasteiger partial charge in [-0.1, -0.05) is 6.92 Å². The molecule has 3 saturated heterocycles.